The first-order valence-corrected chi connectivity index (χ1v) is 12.9. The molecule has 2 aliphatic heterocycles. The van der Waals surface area contributed by atoms with Gasteiger partial charge in [-0.05, 0) is 48.8 Å². The van der Waals surface area contributed by atoms with E-state index in [1.807, 2.05) is 25.1 Å². The van der Waals surface area contributed by atoms with E-state index in [1.165, 1.54) is 6.26 Å². The number of hydrogen-bond donors (Lipinski definition) is 3. The van der Waals surface area contributed by atoms with Crippen LogP contribution in [0.25, 0.3) is 11.1 Å². The van der Waals surface area contributed by atoms with Crippen molar-refractivity contribution >= 4 is 33.1 Å². The van der Waals surface area contributed by atoms with E-state index in [4.69, 9.17) is 17.0 Å². The SMILES string of the molecule is C[C@@H]1C[C@@H](CC(=O)NCC2Cc3cccc(-c4ccc(S(C)(=O)=O)cc4)c3O2)NC(=S)N1. The molecule has 3 N–H and O–H groups in total. The van der Waals surface area contributed by atoms with Crippen LogP contribution in [0.4, 0.5) is 0 Å². The summed E-state index contributed by atoms with van der Waals surface area (Å²) in [5.41, 5.74) is 2.88. The molecule has 170 valence electrons. The first kappa shape index (κ1) is 22.5. The largest absolute Gasteiger partial charge is 0.487 e. The highest BCUT2D eigenvalue weighted by molar-refractivity contribution is 7.90. The summed E-state index contributed by atoms with van der Waals surface area (Å²) < 4.78 is 29.6. The third-order valence-electron chi connectivity index (χ3n) is 5.73. The van der Waals surface area contributed by atoms with Crippen LogP contribution in [0.5, 0.6) is 5.75 Å². The summed E-state index contributed by atoms with van der Waals surface area (Å²) in [7, 11) is -3.24. The van der Waals surface area contributed by atoms with E-state index >= 15 is 0 Å². The molecule has 2 aliphatic rings. The van der Waals surface area contributed by atoms with Gasteiger partial charge in [-0.1, -0.05) is 30.3 Å². The second-order valence-corrected chi connectivity index (χ2v) is 10.9. The molecule has 3 atom stereocenters. The van der Waals surface area contributed by atoms with Gasteiger partial charge in [0.2, 0.25) is 5.91 Å². The number of rotatable bonds is 6. The van der Waals surface area contributed by atoms with Gasteiger partial charge in [-0.25, -0.2) is 8.42 Å². The molecule has 1 amide bonds. The van der Waals surface area contributed by atoms with E-state index in [-0.39, 0.29) is 29.0 Å². The van der Waals surface area contributed by atoms with E-state index in [0.717, 1.165) is 28.9 Å². The van der Waals surface area contributed by atoms with Crippen molar-refractivity contribution in [3.05, 3.63) is 48.0 Å². The van der Waals surface area contributed by atoms with Gasteiger partial charge >= 0.3 is 0 Å². The predicted molar refractivity (Wildman–Crippen MR) is 127 cm³/mol. The maximum absolute atomic E-state index is 12.4. The maximum atomic E-state index is 12.4. The predicted octanol–water partition coefficient (Wildman–Crippen LogP) is 2.19. The lowest BCUT2D eigenvalue weighted by molar-refractivity contribution is -0.121. The Hall–Kier alpha value is -2.65. The number of ether oxygens (including phenoxy) is 1. The van der Waals surface area contributed by atoms with Crippen molar-refractivity contribution in [3.63, 3.8) is 0 Å². The lowest BCUT2D eigenvalue weighted by Gasteiger charge is -2.30. The summed E-state index contributed by atoms with van der Waals surface area (Å²) in [5.74, 6) is 0.758. The average molecular weight is 474 g/mol. The molecule has 1 fully saturated rings. The minimum absolute atomic E-state index is 0.0296. The Labute approximate surface area is 193 Å². The van der Waals surface area contributed by atoms with E-state index in [2.05, 4.69) is 16.0 Å². The topological polar surface area (TPSA) is 96.5 Å². The molecule has 1 unspecified atom stereocenters. The van der Waals surface area contributed by atoms with Crippen LogP contribution in [0.1, 0.15) is 25.3 Å². The van der Waals surface area contributed by atoms with Gasteiger partial charge in [-0.3, -0.25) is 4.79 Å². The maximum Gasteiger partial charge on any atom is 0.222 e. The van der Waals surface area contributed by atoms with E-state index in [9.17, 15) is 13.2 Å². The zero-order valence-electron chi connectivity index (χ0n) is 18.1. The molecule has 32 heavy (non-hydrogen) atoms. The molecule has 0 spiro atoms. The molecule has 0 aliphatic carbocycles. The molecule has 2 heterocycles. The first-order valence-electron chi connectivity index (χ1n) is 10.6. The van der Waals surface area contributed by atoms with Crippen molar-refractivity contribution in [1.82, 2.24) is 16.0 Å². The highest BCUT2D eigenvalue weighted by Gasteiger charge is 2.27. The molecule has 2 aromatic carbocycles. The Kier molecular flexibility index (Phi) is 6.39. The highest BCUT2D eigenvalue weighted by atomic mass is 32.2. The summed E-state index contributed by atoms with van der Waals surface area (Å²) in [4.78, 5) is 12.7. The summed E-state index contributed by atoms with van der Waals surface area (Å²) in [6, 6.07) is 13.0. The van der Waals surface area contributed by atoms with Gasteiger partial charge in [-0.2, -0.15) is 0 Å². The third kappa shape index (κ3) is 5.21. The molecule has 2 aromatic rings. The van der Waals surface area contributed by atoms with Crippen molar-refractivity contribution in [1.29, 1.82) is 0 Å². The Bertz CT molecular complexity index is 1130. The second-order valence-electron chi connectivity index (χ2n) is 8.49. The first-order chi connectivity index (χ1) is 15.2. The lowest BCUT2D eigenvalue weighted by Crippen LogP contribution is -2.54. The summed E-state index contributed by atoms with van der Waals surface area (Å²) in [6.07, 6.45) is 2.95. The fraction of sp³-hybridized carbons (Fsp3) is 0.391. The van der Waals surface area contributed by atoms with E-state index in [0.29, 0.717) is 24.5 Å². The standard InChI is InChI=1S/C23H27N3O4S2/c1-14-10-17(26-23(31)25-14)12-21(27)24-13-18-11-16-4-3-5-20(22(16)30-18)15-6-8-19(9-7-15)32(2,28)29/h3-9,14,17-18H,10-13H2,1-2H3,(H,24,27)(H2,25,26,31)/t14-,17+,18?/m1/s1. The van der Waals surface area contributed by atoms with Crippen molar-refractivity contribution in [3.8, 4) is 16.9 Å². The Morgan fingerprint density at radius 3 is 2.62 bits per heavy atom. The quantitative estimate of drug-likeness (QED) is 0.554. The molecule has 0 aromatic heterocycles. The van der Waals surface area contributed by atoms with E-state index < -0.39 is 9.84 Å². The van der Waals surface area contributed by atoms with Crippen LogP contribution in [0.2, 0.25) is 0 Å². The summed E-state index contributed by atoms with van der Waals surface area (Å²) in [5, 5.41) is 9.86. The monoisotopic (exact) mass is 473 g/mol. The van der Waals surface area contributed by atoms with Gasteiger partial charge in [0.1, 0.15) is 11.9 Å². The molecular weight excluding hydrogens is 446 g/mol. The Balaban J connectivity index is 1.37. The minimum Gasteiger partial charge on any atom is -0.487 e. The van der Waals surface area contributed by atoms with Crippen molar-refractivity contribution in [2.75, 3.05) is 12.8 Å². The fourth-order valence-electron chi connectivity index (χ4n) is 4.21. The molecular formula is C23H27N3O4S2. The fourth-order valence-corrected chi connectivity index (χ4v) is 5.21. The number of carbonyl (C=O) groups excluding carboxylic acids is 1. The zero-order valence-corrected chi connectivity index (χ0v) is 19.7. The van der Waals surface area contributed by atoms with Crippen LogP contribution in [0.3, 0.4) is 0 Å². The van der Waals surface area contributed by atoms with E-state index in [1.54, 1.807) is 24.3 Å². The molecule has 4 rings (SSSR count). The minimum atomic E-state index is -3.24. The number of nitrogens with one attached hydrogen (secondary N) is 3. The zero-order chi connectivity index (χ0) is 22.9. The number of sulfone groups is 1. The third-order valence-corrected chi connectivity index (χ3v) is 7.10. The molecule has 0 bridgehead atoms. The van der Waals surface area contributed by atoms with Crippen LogP contribution in [0.15, 0.2) is 47.4 Å². The van der Waals surface area contributed by atoms with Gasteiger partial charge in [-0.15, -0.1) is 0 Å². The number of hydrogen-bond acceptors (Lipinski definition) is 5. The average Bonchev–Trinajstić information content (AvgIpc) is 3.14. The number of para-hydroxylation sites is 1. The smallest absolute Gasteiger partial charge is 0.222 e. The van der Waals surface area contributed by atoms with Crippen molar-refractivity contribution < 1.29 is 17.9 Å². The van der Waals surface area contributed by atoms with Gasteiger partial charge in [0, 0.05) is 36.7 Å². The van der Waals surface area contributed by atoms with Gasteiger partial charge in [0.05, 0.1) is 11.4 Å². The number of benzene rings is 2. The summed E-state index contributed by atoms with van der Waals surface area (Å²) >= 11 is 5.18. The van der Waals surface area contributed by atoms with Crippen LogP contribution in [-0.4, -0.2) is 50.4 Å². The molecule has 7 nitrogen and oxygen atoms in total. The number of carbonyl (C=O) groups is 1. The van der Waals surface area contributed by atoms with Crippen molar-refractivity contribution in [2.24, 2.45) is 0 Å². The Morgan fingerprint density at radius 2 is 1.94 bits per heavy atom. The number of thiocarbonyl (C=S) groups is 1. The van der Waals surface area contributed by atoms with Gasteiger partial charge < -0.3 is 20.7 Å². The highest BCUT2D eigenvalue weighted by Crippen LogP contribution is 2.38. The summed E-state index contributed by atoms with van der Waals surface area (Å²) in [6.45, 7) is 2.47. The van der Waals surface area contributed by atoms with Crippen LogP contribution < -0.4 is 20.7 Å². The van der Waals surface area contributed by atoms with Crippen LogP contribution in [0, 0.1) is 0 Å². The van der Waals surface area contributed by atoms with Crippen molar-refractivity contribution in [2.45, 2.75) is 49.3 Å². The second kappa shape index (κ2) is 9.07. The van der Waals surface area contributed by atoms with Gasteiger partial charge in [0.25, 0.3) is 0 Å². The van der Waals surface area contributed by atoms with Gasteiger partial charge in [0.15, 0.2) is 14.9 Å². The van der Waals surface area contributed by atoms with Crippen LogP contribution in [-0.2, 0) is 21.1 Å². The van der Waals surface area contributed by atoms with Crippen LogP contribution >= 0.6 is 12.2 Å². The lowest BCUT2D eigenvalue weighted by atomic mass is 10.0. The molecule has 0 saturated carbocycles. The normalized spacial score (nSPS) is 22.3. The Morgan fingerprint density at radius 1 is 1.19 bits per heavy atom. The molecule has 0 radical (unpaired) electrons. The number of amides is 1. The molecule has 1 saturated heterocycles. The number of fused-ring (bicyclic) bond motifs is 1. The molecule has 9 heteroatoms.